The topological polar surface area (TPSA) is 120 Å². The second-order valence-corrected chi connectivity index (χ2v) is 9.06. The maximum absolute atomic E-state index is 12.6. The van der Waals surface area contributed by atoms with E-state index in [1.165, 1.54) is 11.3 Å². The van der Waals surface area contributed by atoms with Crippen LogP contribution < -0.4 is 15.8 Å². The molecular formula is C22H21N5O3S. The number of ether oxygens (including phenoxy) is 1. The van der Waals surface area contributed by atoms with E-state index in [-0.39, 0.29) is 23.5 Å². The van der Waals surface area contributed by atoms with Crippen molar-refractivity contribution in [2.75, 3.05) is 0 Å². The number of aromatic nitrogens is 3. The molecule has 0 bridgehead atoms. The zero-order valence-electron chi connectivity index (χ0n) is 16.7. The van der Waals surface area contributed by atoms with Crippen LogP contribution in [0.25, 0.3) is 10.7 Å². The van der Waals surface area contributed by atoms with Crippen LogP contribution in [-0.4, -0.2) is 38.9 Å². The SMILES string of the molecule is NC(=O)c1cccnc1OC1CC2(CC(NC(=O)c3csc(-c4ccccn4)n3)C2)C1. The predicted octanol–water partition coefficient (Wildman–Crippen LogP) is 2.82. The van der Waals surface area contributed by atoms with E-state index in [0.717, 1.165) is 36.4 Å². The molecule has 0 radical (unpaired) electrons. The molecule has 0 aromatic carbocycles. The Hall–Kier alpha value is -3.33. The number of primary amides is 1. The summed E-state index contributed by atoms with van der Waals surface area (Å²) < 4.78 is 5.89. The number of amides is 2. The Morgan fingerprint density at radius 3 is 2.65 bits per heavy atom. The molecule has 158 valence electrons. The Bertz CT molecular complexity index is 1120. The van der Waals surface area contributed by atoms with Gasteiger partial charge in [-0.25, -0.2) is 9.97 Å². The van der Waals surface area contributed by atoms with E-state index in [4.69, 9.17) is 10.5 Å². The highest BCUT2D eigenvalue weighted by atomic mass is 32.1. The Morgan fingerprint density at radius 2 is 1.90 bits per heavy atom. The normalized spacial score (nSPS) is 24.1. The fourth-order valence-electron chi connectivity index (χ4n) is 4.48. The van der Waals surface area contributed by atoms with Gasteiger partial charge in [-0.15, -0.1) is 11.3 Å². The molecule has 2 aliphatic rings. The molecule has 0 aliphatic heterocycles. The van der Waals surface area contributed by atoms with Crippen molar-refractivity contribution in [1.82, 2.24) is 20.3 Å². The standard InChI is InChI=1S/C22H21N5O3S/c23-18(28)15-4-3-7-25-20(15)30-14-10-22(11-14)8-13(9-22)26-19(29)17-12-31-21(27-17)16-5-1-2-6-24-16/h1-7,12-14H,8-11H2,(H2,23,28)(H,26,29). The van der Waals surface area contributed by atoms with Crippen LogP contribution in [0.15, 0.2) is 48.1 Å². The van der Waals surface area contributed by atoms with Crippen LogP contribution in [0.2, 0.25) is 0 Å². The van der Waals surface area contributed by atoms with Crippen molar-refractivity contribution < 1.29 is 14.3 Å². The second kappa shape index (κ2) is 7.73. The van der Waals surface area contributed by atoms with Crippen molar-refractivity contribution in [3.05, 3.63) is 59.4 Å². The van der Waals surface area contributed by atoms with Crippen molar-refractivity contribution in [2.45, 2.75) is 37.8 Å². The van der Waals surface area contributed by atoms with E-state index in [2.05, 4.69) is 20.3 Å². The highest BCUT2D eigenvalue weighted by Crippen LogP contribution is 2.56. The van der Waals surface area contributed by atoms with Crippen LogP contribution in [0, 0.1) is 5.41 Å². The minimum absolute atomic E-state index is 0.0177. The lowest BCUT2D eigenvalue weighted by molar-refractivity contribution is -0.0848. The number of carbonyl (C=O) groups is 2. The third-order valence-corrected chi connectivity index (χ3v) is 6.82. The molecule has 3 aromatic rings. The summed E-state index contributed by atoms with van der Waals surface area (Å²) in [5.41, 5.74) is 7.07. The minimum atomic E-state index is -0.545. The van der Waals surface area contributed by atoms with Crippen molar-refractivity contribution in [3.8, 4) is 16.6 Å². The quantitative estimate of drug-likeness (QED) is 0.614. The van der Waals surface area contributed by atoms with Gasteiger partial charge >= 0.3 is 0 Å². The summed E-state index contributed by atoms with van der Waals surface area (Å²) in [6, 6.07) is 9.05. The molecule has 0 saturated heterocycles. The smallest absolute Gasteiger partial charge is 0.270 e. The molecule has 31 heavy (non-hydrogen) atoms. The molecule has 3 N–H and O–H groups in total. The van der Waals surface area contributed by atoms with E-state index in [0.29, 0.717) is 17.1 Å². The summed E-state index contributed by atoms with van der Waals surface area (Å²) in [6.45, 7) is 0. The molecule has 3 heterocycles. The third-order valence-electron chi connectivity index (χ3n) is 5.95. The maximum atomic E-state index is 12.6. The van der Waals surface area contributed by atoms with Gasteiger partial charge in [0.2, 0.25) is 5.88 Å². The van der Waals surface area contributed by atoms with Crippen molar-refractivity contribution in [2.24, 2.45) is 11.1 Å². The minimum Gasteiger partial charge on any atom is -0.474 e. The van der Waals surface area contributed by atoms with E-state index >= 15 is 0 Å². The van der Waals surface area contributed by atoms with Gasteiger partial charge in [0.25, 0.3) is 11.8 Å². The summed E-state index contributed by atoms with van der Waals surface area (Å²) >= 11 is 1.41. The molecule has 1 spiro atoms. The predicted molar refractivity (Wildman–Crippen MR) is 115 cm³/mol. The number of hydrogen-bond donors (Lipinski definition) is 2. The first-order chi connectivity index (χ1) is 15.0. The third kappa shape index (κ3) is 3.88. The molecule has 8 nitrogen and oxygen atoms in total. The van der Waals surface area contributed by atoms with Gasteiger partial charge in [-0.2, -0.15) is 0 Å². The fraction of sp³-hybridized carbons (Fsp3) is 0.318. The van der Waals surface area contributed by atoms with Gasteiger partial charge in [0.05, 0.1) is 5.69 Å². The average molecular weight is 436 g/mol. The highest BCUT2D eigenvalue weighted by Gasteiger charge is 2.54. The molecular weight excluding hydrogens is 414 g/mol. The number of thiazole rings is 1. The van der Waals surface area contributed by atoms with Crippen LogP contribution >= 0.6 is 11.3 Å². The first-order valence-corrected chi connectivity index (χ1v) is 11.0. The number of carbonyl (C=O) groups excluding carboxylic acids is 2. The monoisotopic (exact) mass is 435 g/mol. The summed E-state index contributed by atoms with van der Waals surface area (Å²) in [7, 11) is 0. The zero-order chi connectivity index (χ0) is 21.4. The molecule has 2 saturated carbocycles. The van der Waals surface area contributed by atoms with Crippen LogP contribution in [0.5, 0.6) is 5.88 Å². The lowest BCUT2D eigenvalue weighted by Gasteiger charge is -2.57. The Morgan fingerprint density at radius 1 is 1.10 bits per heavy atom. The Labute approximate surface area is 182 Å². The van der Waals surface area contributed by atoms with Crippen LogP contribution in [0.4, 0.5) is 0 Å². The van der Waals surface area contributed by atoms with E-state index in [9.17, 15) is 9.59 Å². The van der Waals surface area contributed by atoms with E-state index in [1.54, 1.807) is 29.9 Å². The maximum Gasteiger partial charge on any atom is 0.270 e. The van der Waals surface area contributed by atoms with Crippen LogP contribution in [-0.2, 0) is 0 Å². The summed E-state index contributed by atoms with van der Waals surface area (Å²) in [5.74, 6) is -0.395. The van der Waals surface area contributed by atoms with Gasteiger partial charge in [-0.1, -0.05) is 6.07 Å². The fourth-order valence-corrected chi connectivity index (χ4v) is 5.26. The van der Waals surface area contributed by atoms with Gasteiger partial charge in [0, 0.05) is 23.8 Å². The van der Waals surface area contributed by atoms with Gasteiger partial charge < -0.3 is 15.8 Å². The van der Waals surface area contributed by atoms with E-state index < -0.39 is 5.91 Å². The average Bonchev–Trinajstić information content (AvgIpc) is 3.22. The molecule has 5 rings (SSSR count). The largest absolute Gasteiger partial charge is 0.474 e. The number of nitrogens with zero attached hydrogens (tertiary/aromatic N) is 3. The number of nitrogens with one attached hydrogen (secondary N) is 1. The van der Waals surface area contributed by atoms with Crippen molar-refractivity contribution in [1.29, 1.82) is 0 Å². The number of pyridine rings is 2. The van der Waals surface area contributed by atoms with Gasteiger partial charge in [-0.3, -0.25) is 14.6 Å². The summed E-state index contributed by atoms with van der Waals surface area (Å²) in [6.07, 6.45) is 6.92. The van der Waals surface area contributed by atoms with Crippen molar-refractivity contribution in [3.63, 3.8) is 0 Å². The first kappa shape index (κ1) is 19.6. The van der Waals surface area contributed by atoms with Gasteiger partial charge in [0.1, 0.15) is 22.4 Å². The Kier molecular flexibility index (Phi) is 4.90. The zero-order valence-corrected chi connectivity index (χ0v) is 17.5. The highest BCUT2D eigenvalue weighted by molar-refractivity contribution is 7.13. The molecule has 0 atom stereocenters. The van der Waals surface area contributed by atoms with Gasteiger partial charge in [-0.05, 0) is 55.4 Å². The molecule has 2 fully saturated rings. The summed E-state index contributed by atoms with van der Waals surface area (Å²) in [5, 5.41) is 5.58. The lowest BCUT2D eigenvalue weighted by Crippen LogP contribution is -2.58. The second-order valence-electron chi connectivity index (χ2n) is 8.20. The van der Waals surface area contributed by atoms with Crippen LogP contribution in [0.3, 0.4) is 0 Å². The van der Waals surface area contributed by atoms with E-state index in [1.807, 2.05) is 18.2 Å². The summed E-state index contributed by atoms with van der Waals surface area (Å²) in [4.78, 5) is 36.9. The lowest BCUT2D eigenvalue weighted by atomic mass is 9.53. The number of rotatable bonds is 6. The Balaban J connectivity index is 1.11. The number of nitrogens with two attached hydrogens (primary N) is 1. The number of hydrogen-bond acceptors (Lipinski definition) is 7. The van der Waals surface area contributed by atoms with Crippen molar-refractivity contribution >= 4 is 23.2 Å². The molecule has 9 heteroatoms. The van der Waals surface area contributed by atoms with Gasteiger partial charge in [0.15, 0.2) is 0 Å². The molecule has 2 amide bonds. The molecule has 3 aromatic heterocycles. The van der Waals surface area contributed by atoms with Crippen LogP contribution in [0.1, 0.15) is 46.5 Å². The molecule has 2 aliphatic carbocycles. The molecule has 0 unspecified atom stereocenters. The first-order valence-electron chi connectivity index (χ1n) is 10.1.